The second-order valence-corrected chi connectivity index (χ2v) is 4.94. The number of rotatable bonds is 6. The van der Waals surface area contributed by atoms with E-state index in [0.29, 0.717) is 30.2 Å². The molecule has 1 heterocycles. The number of methoxy groups -OCH3 is 1. The van der Waals surface area contributed by atoms with Crippen molar-refractivity contribution in [2.75, 3.05) is 20.3 Å². The van der Waals surface area contributed by atoms with Gasteiger partial charge in [-0.2, -0.15) is 0 Å². The van der Waals surface area contributed by atoms with E-state index in [-0.39, 0.29) is 5.78 Å². The molecular formula is C15H14BrNO3. The standard InChI is InChI=1S/C15H14BrNO3/c1-19-8-9-20-14-5-3-2-4-12(14)15(18)13-7-6-11(16)10-17-13/h2-7,10H,8-9H2,1H3. The van der Waals surface area contributed by atoms with Crippen LogP contribution in [0.4, 0.5) is 0 Å². The zero-order valence-electron chi connectivity index (χ0n) is 11.0. The van der Waals surface area contributed by atoms with Gasteiger partial charge in [0.2, 0.25) is 5.78 Å². The Labute approximate surface area is 125 Å². The van der Waals surface area contributed by atoms with Crippen molar-refractivity contribution < 1.29 is 14.3 Å². The summed E-state index contributed by atoms with van der Waals surface area (Å²) in [6, 6.07) is 10.6. The molecule has 1 aromatic heterocycles. The van der Waals surface area contributed by atoms with E-state index in [1.54, 1.807) is 43.6 Å². The van der Waals surface area contributed by atoms with Gasteiger partial charge in [-0.3, -0.25) is 9.78 Å². The highest BCUT2D eigenvalue weighted by atomic mass is 79.9. The molecular weight excluding hydrogens is 322 g/mol. The zero-order chi connectivity index (χ0) is 14.4. The van der Waals surface area contributed by atoms with Crippen LogP contribution in [0.5, 0.6) is 5.75 Å². The SMILES string of the molecule is COCCOc1ccccc1C(=O)c1ccc(Br)cn1. The lowest BCUT2D eigenvalue weighted by Crippen LogP contribution is -2.10. The molecule has 0 aliphatic rings. The van der Waals surface area contributed by atoms with Gasteiger partial charge in [-0.15, -0.1) is 0 Å². The molecule has 0 bridgehead atoms. The van der Waals surface area contributed by atoms with E-state index >= 15 is 0 Å². The van der Waals surface area contributed by atoms with Gasteiger partial charge in [-0.25, -0.2) is 0 Å². The number of aromatic nitrogens is 1. The summed E-state index contributed by atoms with van der Waals surface area (Å²) in [5, 5.41) is 0. The number of pyridine rings is 1. The number of ether oxygens (including phenoxy) is 2. The highest BCUT2D eigenvalue weighted by Crippen LogP contribution is 2.21. The van der Waals surface area contributed by atoms with Crippen LogP contribution in [0.15, 0.2) is 47.1 Å². The van der Waals surface area contributed by atoms with Crippen LogP contribution in [0, 0.1) is 0 Å². The Balaban J connectivity index is 2.23. The second kappa shape index (κ2) is 7.17. The van der Waals surface area contributed by atoms with E-state index in [9.17, 15) is 4.79 Å². The van der Waals surface area contributed by atoms with Crippen LogP contribution in [0.1, 0.15) is 16.1 Å². The molecule has 0 fully saturated rings. The predicted octanol–water partition coefficient (Wildman–Crippen LogP) is 3.10. The van der Waals surface area contributed by atoms with Gasteiger partial charge in [0.05, 0.1) is 12.2 Å². The molecule has 0 amide bonds. The van der Waals surface area contributed by atoms with Crippen molar-refractivity contribution in [3.63, 3.8) is 0 Å². The maximum Gasteiger partial charge on any atom is 0.215 e. The Kier molecular flexibility index (Phi) is 5.26. The van der Waals surface area contributed by atoms with Crippen molar-refractivity contribution in [3.8, 4) is 5.75 Å². The van der Waals surface area contributed by atoms with E-state index < -0.39 is 0 Å². The highest BCUT2D eigenvalue weighted by Gasteiger charge is 2.15. The van der Waals surface area contributed by atoms with Crippen LogP contribution in [0.3, 0.4) is 0 Å². The molecule has 0 saturated carbocycles. The fraction of sp³-hybridized carbons (Fsp3) is 0.200. The lowest BCUT2D eigenvalue weighted by atomic mass is 10.1. The lowest BCUT2D eigenvalue weighted by Gasteiger charge is -2.10. The van der Waals surface area contributed by atoms with Crippen LogP contribution in [0.25, 0.3) is 0 Å². The molecule has 2 rings (SSSR count). The van der Waals surface area contributed by atoms with E-state index in [0.717, 1.165) is 4.47 Å². The number of ketones is 1. The number of nitrogens with zero attached hydrogens (tertiary/aromatic N) is 1. The van der Waals surface area contributed by atoms with Gasteiger partial charge in [0, 0.05) is 17.8 Å². The number of benzene rings is 1. The summed E-state index contributed by atoms with van der Waals surface area (Å²) in [6.45, 7) is 0.869. The molecule has 104 valence electrons. The first-order valence-corrected chi connectivity index (χ1v) is 6.88. The third kappa shape index (κ3) is 3.65. The predicted molar refractivity (Wildman–Crippen MR) is 79.2 cm³/mol. The number of carbonyl (C=O) groups is 1. The molecule has 0 aliphatic heterocycles. The largest absolute Gasteiger partial charge is 0.490 e. The van der Waals surface area contributed by atoms with Crippen molar-refractivity contribution in [2.45, 2.75) is 0 Å². The van der Waals surface area contributed by atoms with Gasteiger partial charge in [-0.1, -0.05) is 12.1 Å². The smallest absolute Gasteiger partial charge is 0.215 e. The van der Waals surface area contributed by atoms with Crippen LogP contribution >= 0.6 is 15.9 Å². The third-order valence-corrected chi connectivity index (χ3v) is 3.11. The second-order valence-electron chi connectivity index (χ2n) is 4.03. The summed E-state index contributed by atoms with van der Waals surface area (Å²) in [6.07, 6.45) is 1.60. The topological polar surface area (TPSA) is 48.4 Å². The number of para-hydroxylation sites is 1. The Bertz CT molecular complexity index is 584. The molecule has 0 radical (unpaired) electrons. The molecule has 4 nitrogen and oxygen atoms in total. The molecule has 1 aromatic carbocycles. The average molecular weight is 336 g/mol. The molecule has 0 spiro atoms. The summed E-state index contributed by atoms with van der Waals surface area (Å²) in [5.41, 5.74) is 0.884. The number of hydrogen-bond acceptors (Lipinski definition) is 4. The molecule has 0 saturated heterocycles. The summed E-state index contributed by atoms with van der Waals surface area (Å²) in [5.74, 6) is 0.379. The van der Waals surface area contributed by atoms with Crippen molar-refractivity contribution in [1.82, 2.24) is 4.98 Å². The van der Waals surface area contributed by atoms with Gasteiger partial charge in [-0.05, 0) is 40.2 Å². The Morgan fingerprint density at radius 2 is 2.00 bits per heavy atom. The first-order chi connectivity index (χ1) is 9.72. The summed E-state index contributed by atoms with van der Waals surface area (Å²) in [7, 11) is 1.60. The van der Waals surface area contributed by atoms with Gasteiger partial charge >= 0.3 is 0 Å². The molecule has 0 unspecified atom stereocenters. The average Bonchev–Trinajstić information content (AvgIpc) is 2.48. The van der Waals surface area contributed by atoms with E-state index in [2.05, 4.69) is 20.9 Å². The van der Waals surface area contributed by atoms with Gasteiger partial charge in [0.1, 0.15) is 18.1 Å². The summed E-state index contributed by atoms with van der Waals surface area (Å²) in [4.78, 5) is 16.5. The quantitative estimate of drug-likeness (QED) is 0.601. The molecule has 0 aliphatic carbocycles. The van der Waals surface area contributed by atoms with Crippen LogP contribution < -0.4 is 4.74 Å². The highest BCUT2D eigenvalue weighted by molar-refractivity contribution is 9.10. The Morgan fingerprint density at radius 3 is 2.70 bits per heavy atom. The van der Waals surface area contributed by atoms with Crippen LogP contribution in [0.2, 0.25) is 0 Å². The van der Waals surface area contributed by atoms with E-state index in [1.165, 1.54) is 0 Å². The minimum absolute atomic E-state index is 0.162. The Hall–Kier alpha value is -1.72. The van der Waals surface area contributed by atoms with Crippen molar-refractivity contribution in [3.05, 3.63) is 58.3 Å². The molecule has 2 aromatic rings. The summed E-state index contributed by atoms with van der Waals surface area (Å²) >= 11 is 3.30. The maximum absolute atomic E-state index is 12.4. The van der Waals surface area contributed by atoms with Gasteiger partial charge in [0.15, 0.2) is 0 Å². The number of carbonyl (C=O) groups excluding carboxylic acids is 1. The first-order valence-electron chi connectivity index (χ1n) is 6.09. The van der Waals surface area contributed by atoms with E-state index in [4.69, 9.17) is 9.47 Å². The fourth-order valence-corrected chi connectivity index (χ4v) is 1.90. The van der Waals surface area contributed by atoms with Crippen LogP contribution in [-0.4, -0.2) is 31.1 Å². The summed E-state index contributed by atoms with van der Waals surface area (Å²) < 4.78 is 11.3. The first kappa shape index (κ1) is 14.7. The van der Waals surface area contributed by atoms with Crippen LogP contribution in [-0.2, 0) is 4.74 Å². The van der Waals surface area contributed by atoms with E-state index in [1.807, 2.05) is 6.07 Å². The number of hydrogen-bond donors (Lipinski definition) is 0. The van der Waals surface area contributed by atoms with Crippen molar-refractivity contribution in [2.24, 2.45) is 0 Å². The third-order valence-electron chi connectivity index (χ3n) is 2.64. The minimum Gasteiger partial charge on any atom is -0.490 e. The van der Waals surface area contributed by atoms with Gasteiger partial charge < -0.3 is 9.47 Å². The molecule has 20 heavy (non-hydrogen) atoms. The molecule has 0 N–H and O–H groups in total. The van der Waals surface area contributed by atoms with Crippen molar-refractivity contribution in [1.29, 1.82) is 0 Å². The number of halogens is 1. The normalized spacial score (nSPS) is 10.3. The maximum atomic E-state index is 12.4. The fourth-order valence-electron chi connectivity index (χ4n) is 1.66. The molecule has 5 heteroatoms. The monoisotopic (exact) mass is 335 g/mol. The zero-order valence-corrected chi connectivity index (χ0v) is 12.6. The van der Waals surface area contributed by atoms with Gasteiger partial charge in [0.25, 0.3) is 0 Å². The Morgan fingerprint density at radius 1 is 1.20 bits per heavy atom. The molecule has 0 atom stereocenters. The lowest BCUT2D eigenvalue weighted by molar-refractivity contribution is 0.102. The minimum atomic E-state index is -0.162. The van der Waals surface area contributed by atoms with Crippen molar-refractivity contribution >= 4 is 21.7 Å².